The van der Waals surface area contributed by atoms with Gasteiger partial charge in [0.2, 0.25) is 0 Å². The zero-order valence-corrected chi connectivity index (χ0v) is 14.9. The first-order valence-corrected chi connectivity index (χ1v) is 7.90. The van der Waals surface area contributed by atoms with E-state index < -0.39 is 25.3 Å². The van der Waals surface area contributed by atoms with Crippen LogP contribution < -0.4 is 19.5 Å². The van der Waals surface area contributed by atoms with E-state index in [1.54, 1.807) is 0 Å². The fourth-order valence-electron chi connectivity index (χ4n) is 2.08. The number of carbonyl (C=O) groups excluding carboxylic acids is 1. The summed E-state index contributed by atoms with van der Waals surface area (Å²) in [6, 6.07) is 7.08. The lowest BCUT2D eigenvalue weighted by Crippen LogP contribution is -2.20. The molecule has 2 aromatic rings. The van der Waals surface area contributed by atoms with Gasteiger partial charge in [-0.05, 0) is 36.4 Å². The van der Waals surface area contributed by atoms with Crippen LogP contribution in [-0.2, 0) is 0 Å². The second-order valence-electron chi connectivity index (χ2n) is 5.24. The number of rotatable bonds is 7. The van der Waals surface area contributed by atoms with Gasteiger partial charge in [-0.1, -0.05) is 11.6 Å². The van der Waals surface area contributed by atoms with Crippen LogP contribution in [-0.4, -0.2) is 32.4 Å². The Morgan fingerprint density at radius 2 is 1.79 bits per heavy atom. The molecule has 1 amide bonds. The Bertz CT molecular complexity index is 845. The van der Waals surface area contributed by atoms with Crippen LogP contribution in [0.1, 0.15) is 10.4 Å². The average Bonchev–Trinajstić information content (AvgIpc) is 2.60. The summed E-state index contributed by atoms with van der Waals surface area (Å²) in [7, 11) is 1.19. The highest BCUT2D eigenvalue weighted by atomic mass is 35.5. The molecule has 0 bridgehead atoms. The molecule has 0 radical (unpaired) electrons. The minimum absolute atomic E-state index is 0.0276. The maximum Gasteiger partial charge on any atom is 0.422 e. The van der Waals surface area contributed by atoms with Crippen molar-refractivity contribution in [3.8, 4) is 17.2 Å². The zero-order valence-electron chi connectivity index (χ0n) is 14.1. The lowest BCUT2D eigenvalue weighted by molar-refractivity contribution is -0.153. The Morgan fingerprint density at radius 1 is 1.11 bits per heavy atom. The average molecular weight is 426 g/mol. The van der Waals surface area contributed by atoms with Crippen LogP contribution in [0, 0.1) is 0 Å². The number of amides is 1. The van der Waals surface area contributed by atoms with Gasteiger partial charge in [-0.15, -0.1) is 0 Å². The van der Waals surface area contributed by atoms with E-state index in [2.05, 4.69) is 14.8 Å². The molecule has 0 aliphatic rings. The Kier molecular flexibility index (Phi) is 6.90. The first-order chi connectivity index (χ1) is 13.1. The van der Waals surface area contributed by atoms with Gasteiger partial charge < -0.3 is 19.5 Å². The van der Waals surface area contributed by atoms with Gasteiger partial charge in [0, 0.05) is 10.6 Å². The van der Waals surface area contributed by atoms with E-state index in [-0.39, 0.29) is 33.5 Å². The van der Waals surface area contributed by atoms with Crippen LogP contribution in [0.3, 0.4) is 0 Å². The number of alkyl halides is 5. The van der Waals surface area contributed by atoms with E-state index >= 15 is 0 Å². The third-order valence-corrected chi connectivity index (χ3v) is 3.46. The van der Waals surface area contributed by atoms with Crippen LogP contribution in [0.2, 0.25) is 5.02 Å². The van der Waals surface area contributed by atoms with E-state index in [4.69, 9.17) is 16.3 Å². The van der Waals surface area contributed by atoms with E-state index in [0.717, 1.165) is 12.1 Å². The largest absolute Gasteiger partial charge is 0.493 e. The number of carbonyl (C=O) groups is 1. The molecule has 0 heterocycles. The van der Waals surface area contributed by atoms with Gasteiger partial charge in [-0.3, -0.25) is 4.79 Å². The topological polar surface area (TPSA) is 56.8 Å². The summed E-state index contributed by atoms with van der Waals surface area (Å²) >= 11 is 5.82. The number of methoxy groups -OCH3 is 1. The number of anilines is 1. The van der Waals surface area contributed by atoms with Gasteiger partial charge >= 0.3 is 12.8 Å². The molecule has 2 aromatic carbocycles. The minimum atomic E-state index is -4.57. The Balaban J connectivity index is 2.23. The number of hydrogen-bond acceptors (Lipinski definition) is 4. The summed E-state index contributed by atoms with van der Waals surface area (Å²) in [5.74, 6) is -1.43. The monoisotopic (exact) mass is 425 g/mol. The molecule has 28 heavy (non-hydrogen) atoms. The Morgan fingerprint density at radius 3 is 2.39 bits per heavy atom. The number of nitrogens with one attached hydrogen (secondary N) is 1. The number of hydrogen-bond donors (Lipinski definition) is 1. The molecule has 0 aromatic heterocycles. The third kappa shape index (κ3) is 6.15. The second kappa shape index (κ2) is 8.96. The van der Waals surface area contributed by atoms with Gasteiger partial charge in [0.1, 0.15) is 5.75 Å². The highest BCUT2D eigenvalue weighted by Crippen LogP contribution is 2.32. The lowest BCUT2D eigenvalue weighted by atomic mass is 10.1. The summed E-state index contributed by atoms with van der Waals surface area (Å²) in [5.41, 5.74) is -0.131. The molecule has 11 heteroatoms. The molecule has 0 saturated carbocycles. The van der Waals surface area contributed by atoms with Crippen molar-refractivity contribution in [2.45, 2.75) is 12.8 Å². The predicted molar refractivity (Wildman–Crippen MR) is 90.6 cm³/mol. The van der Waals surface area contributed by atoms with Crippen LogP contribution >= 0.6 is 11.6 Å². The van der Waals surface area contributed by atoms with Crippen molar-refractivity contribution >= 4 is 23.2 Å². The maximum atomic E-state index is 12.4. The number of halogens is 6. The van der Waals surface area contributed by atoms with Gasteiger partial charge in [0.25, 0.3) is 5.91 Å². The lowest BCUT2D eigenvalue weighted by Gasteiger charge is -2.15. The molecule has 0 fully saturated rings. The van der Waals surface area contributed by atoms with Crippen molar-refractivity contribution < 1.29 is 41.0 Å². The molecule has 152 valence electrons. The quantitative estimate of drug-likeness (QED) is 0.624. The van der Waals surface area contributed by atoms with E-state index in [9.17, 15) is 26.7 Å². The first-order valence-electron chi connectivity index (χ1n) is 7.52. The van der Waals surface area contributed by atoms with E-state index in [0.29, 0.717) is 0 Å². The molecule has 1 N–H and O–H groups in total. The summed E-state index contributed by atoms with van der Waals surface area (Å²) in [5, 5.41) is 2.50. The third-order valence-electron chi connectivity index (χ3n) is 3.22. The molecule has 2 rings (SSSR count). The normalized spacial score (nSPS) is 11.3. The van der Waals surface area contributed by atoms with Crippen molar-refractivity contribution in [1.29, 1.82) is 0 Å². The molecule has 0 unspecified atom stereocenters. The minimum Gasteiger partial charge on any atom is -0.493 e. The second-order valence-corrected chi connectivity index (χ2v) is 5.68. The molecule has 5 nitrogen and oxygen atoms in total. The van der Waals surface area contributed by atoms with E-state index in [1.165, 1.54) is 31.4 Å². The summed E-state index contributed by atoms with van der Waals surface area (Å²) < 4.78 is 75.7. The highest BCUT2D eigenvalue weighted by Gasteiger charge is 2.29. The fourth-order valence-corrected chi connectivity index (χ4v) is 2.25. The van der Waals surface area contributed by atoms with Gasteiger partial charge in [0.05, 0.1) is 12.8 Å². The molecule has 0 atom stereocenters. The summed E-state index contributed by atoms with van der Waals surface area (Å²) in [6.45, 7) is -4.65. The van der Waals surface area contributed by atoms with Gasteiger partial charge in [0.15, 0.2) is 18.1 Å². The molecule has 0 saturated heterocycles. The molecule has 0 spiro atoms. The van der Waals surface area contributed by atoms with Crippen molar-refractivity contribution in [3.05, 3.63) is 47.0 Å². The van der Waals surface area contributed by atoms with Crippen LogP contribution in [0.5, 0.6) is 17.2 Å². The van der Waals surface area contributed by atoms with Crippen LogP contribution in [0.4, 0.5) is 27.6 Å². The van der Waals surface area contributed by atoms with Crippen LogP contribution in [0.25, 0.3) is 0 Å². The Labute approximate surface area is 160 Å². The van der Waals surface area contributed by atoms with Crippen molar-refractivity contribution in [1.82, 2.24) is 0 Å². The molecule has 0 aliphatic heterocycles. The zero-order chi connectivity index (χ0) is 20.9. The smallest absolute Gasteiger partial charge is 0.422 e. The van der Waals surface area contributed by atoms with Crippen molar-refractivity contribution in [2.75, 3.05) is 19.0 Å². The molecular formula is C17H13ClF5NO4. The summed E-state index contributed by atoms with van der Waals surface area (Å²) in [4.78, 5) is 12.4. The number of ether oxygens (including phenoxy) is 3. The van der Waals surface area contributed by atoms with Gasteiger partial charge in [-0.25, -0.2) is 0 Å². The maximum absolute atomic E-state index is 12.4. The standard InChI is InChI=1S/C17H13ClF5NO4/c1-26-14-6-9(2-4-13(14)28-16(19)20)15(25)24-11-7-10(18)3-5-12(11)27-8-17(21,22)23/h2-7,16H,8H2,1H3,(H,24,25). The van der Waals surface area contributed by atoms with Gasteiger partial charge in [-0.2, -0.15) is 22.0 Å². The molecule has 0 aliphatic carbocycles. The van der Waals surface area contributed by atoms with Crippen molar-refractivity contribution in [2.24, 2.45) is 0 Å². The van der Waals surface area contributed by atoms with Crippen LogP contribution in [0.15, 0.2) is 36.4 Å². The van der Waals surface area contributed by atoms with Crippen molar-refractivity contribution in [3.63, 3.8) is 0 Å². The Hall–Kier alpha value is -2.75. The highest BCUT2D eigenvalue weighted by molar-refractivity contribution is 6.31. The number of benzene rings is 2. The predicted octanol–water partition coefficient (Wildman–Crippen LogP) is 5.14. The summed E-state index contributed by atoms with van der Waals surface area (Å²) in [6.07, 6.45) is -4.57. The van der Waals surface area contributed by atoms with E-state index in [1.807, 2.05) is 0 Å². The molecular weight excluding hydrogens is 413 g/mol. The first kappa shape index (κ1) is 21.5. The fraction of sp³-hybridized carbons (Fsp3) is 0.235. The SMILES string of the molecule is COc1cc(C(=O)Nc2cc(Cl)ccc2OCC(F)(F)F)ccc1OC(F)F.